The molecule has 1 heterocycles. The maximum Gasteiger partial charge on any atom is 0.246 e. The van der Waals surface area contributed by atoms with Crippen molar-refractivity contribution in [2.75, 3.05) is 20.2 Å². The Bertz CT molecular complexity index is 734. The number of ether oxygens (including phenoxy) is 1. The molecule has 2 aromatic rings. The summed E-state index contributed by atoms with van der Waals surface area (Å²) >= 11 is 0. The molecule has 3 rings (SSSR count). The summed E-state index contributed by atoms with van der Waals surface area (Å²) in [7, 11) is -1.95. The van der Waals surface area contributed by atoms with Crippen LogP contribution in [0.25, 0.3) is 10.8 Å². The van der Waals surface area contributed by atoms with Crippen LogP contribution < -0.4 is 4.74 Å². The maximum atomic E-state index is 12.7. The second-order valence-electron chi connectivity index (χ2n) is 4.93. The molecule has 4 nitrogen and oxygen atoms in total. The number of benzene rings is 2. The van der Waals surface area contributed by atoms with Gasteiger partial charge in [-0.05, 0) is 24.3 Å². The first-order valence-corrected chi connectivity index (χ1v) is 8.14. The normalized spacial score (nSPS) is 16.6. The lowest BCUT2D eigenvalue weighted by molar-refractivity contribution is 0.403. The first kappa shape index (κ1) is 13.4. The summed E-state index contributed by atoms with van der Waals surface area (Å²) < 4.78 is 32.3. The number of nitrogens with zero attached hydrogens (tertiary/aromatic N) is 1. The number of hydrogen-bond donors (Lipinski definition) is 0. The van der Waals surface area contributed by atoms with Gasteiger partial charge in [0.15, 0.2) is 0 Å². The van der Waals surface area contributed by atoms with Gasteiger partial charge in [0.1, 0.15) is 10.6 Å². The average molecular weight is 291 g/mol. The highest BCUT2D eigenvalue weighted by molar-refractivity contribution is 7.89. The molecule has 2 aromatic carbocycles. The average Bonchev–Trinajstić information content (AvgIpc) is 3.00. The Morgan fingerprint density at radius 1 is 1.05 bits per heavy atom. The summed E-state index contributed by atoms with van der Waals surface area (Å²) in [6.45, 7) is 1.19. The van der Waals surface area contributed by atoms with E-state index >= 15 is 0 Å². The molecule has 0 spiro atoms. The number of methoxy groups -OCH3 is 1. The van der Waals surface area contributed by atoms with Crippen LogP contribution in [0.4, 0.5) is 0 Å². The highest BCUT2D eigenvalue weighted by atomic mass is 32.2. The smallest absolute Gasteiger partial charge is 0.246 e. The van der Waals surface area contributed by atoms with Crippen LogP contribution >= 0.6 is 0 Å². The standard InChI is InChI=1S/C15H17NO3S/c1-19-15-13-7-3-2-6-12(13)8-9-14(15)20(17,18)16-10-4-5-11-16/h2-3,6-9H,4-5,10-11H2,1H3. The molecule has 1 saturated heterocycles. The molecule has 1 aliphatic rings. The Balaban J connectivity index is 2.21. The fraction of sp³-hybridized carbons (Fsp3) is 0.333. The molecule has 0 amide bonds. The van der Waals surface area contributed by atoms with Crippen LogP contribution in [0.3, 0.4) is 0 Å². The van der Waals surface area contributed by atoms with Crippen LogP contribution in [0, 0.1) is 0 Å². The lowest BCUT2D eigenvalue weighted by atomic mass is 10.1. The maximum absolute atomic E-state index is 12.7. The Morgan fingerprint density at radius 2 is 1.75 bits per heavy atom. The second kappa shape index (κ2) is 5.07. The molecule has 0 saturated carbocycles. The zero-order chi connectivity index (χ0) is 14.2. The van der Waals surface area contributed by atoms with E-state index in [1.54, 1.807) is 10.4 Å². The Morgan fingerprint density at radius 3 is 2.45 bits per heavy atom. The number of hydrogen-bond acceptors (Lipinski definition) is 3. The minimum absolute atomic E-state index is 0.264. The van der Waals surface area contributed by atoms with Gasteiger partial charge in [-0.15, -0.1) is 0 Å². The topological polar surface area (TPSA) is 46.6 Å². The molecular formula is C15H17NO3S. The summed E-state index contributed by atoms with van der Waals surface area (Å²) in [5, 5.41) is 1.81. The summed E-state index contributed by atoms with van der Waals surface area (Å²) in [5.74, 6) is 0.440. The van der Waals surface area contributed by atoms with Crippen molar-refractivity contribution in [3.8, 4) is 5.75 Å². The van der Waals surface area contributed by atoms with Gasteiger partial charge >= 0.3 is 0 Å². The van der Waals surface area contributed by atoms with Crippen molar-refractivity contribution in [1.29, 1.82) is 0 Å². The second-order valence-corrected chi connectivity index (χ2v) is 6.84. The summed E-state index contributed by atoms with van der Waals surface area (Å²) in [4.78, 5) is 0.264. The van der Waals surface area contributed by atoms with E-state index < -0.39 is 10.0 Å². The van der Waals surface area contributed by atoms with Crippen LogP contribution in [0.5, 0.6) is 5.75 Å². The molecule has 106 valence electrons. The van der Waals surface area contributed by atoms with Gasteiger partial charge < -0.3 is 4.74 Å². The molecule has 0 bridgehead atoms. The minimum Gasteiger partial charge on any atom is -0.495 e. The van der Waals surface area contributed by atoms with Gasteiger partial charge in [-0.2, -0.15) is 4.31 Å². The van der Waals surface area contributed by atoms with Crippen molar-refractivity contribution in [2.45, 2.75) is 17.7 Å². The lowest BCUT2D eigenvalue weighted by Crippen LogP contribution is -2.28. The van der Waals surface area contributed by atoms with Crippen molar-refractivity contribution in [3.63, 3.8) is 0 Å². The SMILES string of the molecule is COc1c(S(=O)(=O)N2CCCC2)ccc2ccccc12. The van der Waals surface area contributed by atoms with E-state index in [1.165, 1.54) is 7.11 Å². The third-order valence-corrected chi connectivity index (χ3v) is 5.65. The molecule has 0 atom stereocenters. The molecular weight excluding hydrogens is 274 g/mol. The van der Waals surface area contributed by atoms with Gasteiger partial charge in [-0.3, -0.25) is 0 Å². The van der Waals surface area contributed by atoms with E-state index in [9.17, 15) is 8.42 Å². The first-order chi connectivity index (χ1) is 9.64. The van der Waals surface area contributed by atoms with Crippen LogP contribution in [-0.4, -0.2) is 32.9 Å². The predicted octanol–water partition coefficient (Wildman–Crippen LogP) is 2.63. The van der Waals surface area contributed by atoms with Crippen LogP contribution in [-0.2, 0) is 10.0 Å². The summed E-state index contributed by atoms with van der Waals surface area (Å²) in [5.41, 5.74) is 0. The van der Waals surface area contributed by atoms with Crippen molar-refractivity contribution < 1.29 is 13.2 Å². The number of rotatable bonds is 3. The molecule has 0 aromatic heterocycles. The number of sulfonamides is 1. The van der Waals surface area contributed by atoms with Crippen LogP contribution in [0.15, 0.2) is 41.3 Å². The van der Waals surface area contributed by atoms with Crippen molar-refractivity contribution in [3.05, 3.63) is 36.4 Å². The largest absolute Gasteiger partial charge is 0.495 e. The molecule has 1 fully saturated rings. The van der Waals surface area contributed by atoms with E-state index in [4.69, 9.17) is 4.74 Å². The molecule has 0 radical (unpaired) electrons. The van der Waals surface area contributed by atoms with E-state index in [2.05, 4.69) is 0 Å². The lowest BCUT2D eigenvalue weighted by Gasteiger charge is -2.18. The highest BCUT2D eigenvalue weighted by Crippen LogP contribution is 2.35. The van der Waals surface area contributed by atoms with Gasteiger partial charge in [0.2, 0.25) is 10.0 Å². The number of fused-ring (bicyclic) bond motifs is 1. The zero-order valence-electron chi connectivity index (χ0n) is 11.4. The van der Waals surface area contributed by atoms with E-state index in [0.29, 0.717) is 18.8 Å². The van der Waals surface area contributed by atoms with Crippen LogP contribution in [0.2, 0.25) is 0 Å². The zero-order valence-corrected chi connectivity index (χ0v) is 12.2. The Kier molecular flexibility index (Phi) is 3.40. The monoisotopic (exact) mass is 291 g/mol. The Labute approximate surface area is 119 Å². The van der Waals surface area contributed by atoms with E-state index in [1.807, 2.05) is 30.3 Å². The van der Waals surface area contributed by atoms with Crippen molar-refractivity contribution in [2.24, 2.45) is 0 Å². The minimum atomic E-state index is -3.46. The fourth-order valence-corrected chi connectivity index (χ4v) is 4.39. The van der Waals surface area contributed by atoms with Gasteiger partial charge in [0, 0.05) is 18.5 Å². The summed E-state index contributed by atoms with van der Waals surface area (Å²) in [6, 6.07) is 11.1. The third-order valence-electron chi connectivity index (χ3n) is 3.73. The molecule has 5 heteroatoms. The molecule has 1 aliphatic heterocycles. The van der Waals surface area contributed by atoms with E-state index in [-0.39, 0.29) is 4.90 Å². The van der Waals surface area contributed by atoms with Crippen molar-refractivity contribution in [1.82, 2.24) is 4.31 Å². The Hall–Kier alpha value is -1.59. The van der Waals surface area contributed by atoms with Crippen molar-refractivity contribution >= 4 is 20.8 Å². The van der Waals surface area contributed by atoms with Gasteiger partial charge in [0.25, 0.3) is 0 Å². The third kappa shape index (κ3) is 2.07. The molecule has 20 heavy (non-hydrogen) atoms. The molecule has 0 unspecified atom stereocenters. The molecule has 0 aliphatic carbocycles. The molecule has 0 N–H and O–H groups in total. The summed E-state index contributed by atoms with van der Waals surface area (Å²) in [6.07, 6.45) is 1.85. The van der Waals surface area contributed by atoms with Gasteiger partial charge in [-0.1, -0.05) is 30.3 Å². The highest BCUT2D eigenvalue weighted by Gasteiger charge is 2.30. The van der Waals surface area contributed by atoms with Gasteiger partial charge in [-0.25, -0.2) is 8.42 Å². The van der Waals surface area contributed by atoms with Crippen LogP contribution in [0.1, 0.15) is 12.8 Å². The predicted molar refractivity (Wildman–Crippen MR) is 78.5 cm³/mol. The van der Waals surface area contributed by atoms with Gasteiger partial charge in [0.05, 0.1) is 7.11 Å². The van der Waals surface area contributed by atoms with E-state index in [0.717, 1.165) is 23.6 Å². The first-order valence-electron chi connectivity index (χ1n) is 6.70. The fourth-order valence-electron chi connectivity index (χ4n) is 2.70. The quantitative estimate of drug-likeness (QED) is 0.873.